The van der Waals surface area contributed by atoms with Gasteiger partial charge in [-0.15, -0.1) is 0 Å². The Balaban J connectivity index is 4.01. The van der Waals surface area contributed by atoms with Crippen LogP contribution in [0.3, 0.4) is 0 Å². The fraction of sp³-hybridized carbons (Fsp3) is 0.909. The van der Waals surface area contributed by atoms with Gasteiger partial charge in [-0.2, -0.15) is 0 Å². The summed E-state index contributed by atoms with van der Waals surface area (Å²) in [5.41, 5.74) is 0. The van der Waals surface area contributed by atoms with E-state index >= 15 is 0 Å². The zero-order valence-corrected chi connectivity index (χ0v) is 10.3. The van der Waals surface area contributed by atoms with Gasteiger partial charge in [0.2, 0.25) is 0 Å². The average molecular weight is 218 g/mol. The van der Waals surface area contributed by atoms with Crippen LogP contribution in [0.25, 0.3) is 0 Å². The molecule has 0 unspecified atom stereocenters. The molecule has 0 saturated heterocycles. The zero-order chi connectivity index (χ0) is 11.8. The lowest BCUT2D eigenvalue weighted by Gasteiger charge is -2.18. The minimum atomic E-state index is -0.889. The molecule has 0 heterocycles. The lowest BCUT2D eigenvalue weighted by molar-refractivity contribution is -0.196. The van der Waals surface area contributed by atoms with Gasteiger partial charge in [-0.3, -0.25) is 0 Å². The van der Waals surface area contributed by atoms with Crippen LogP contribution in [0.5, 0.6) is 0 Å². The van der Waals surface area contributed by atoms with Gasteiger partial charge in [-0.25, -0.2) is 4.79 Å². The second-order valence-corrected chi connectivity index (χ2v) is 4.31. The molecule has 4 nitrogen and oxygen atoms in total. The molecule has 0 aliphatic heterocycles. The molecule has 0 aromatic carbocycles. The molecule has 0 saturated carbocycles. The molecule has 0 aliphatic carbocycles. The summed E-state index contributed by atoms with van der Waals surface area (Å²) < 4.78 is 15.2. The van der Waals surface area contributed by atoms with Crippen molar-refractivity contribution >= 4 is 5.97 Å². The molecule has 15 heavy (non-hydrogen) atoms. The minimum absolute atomic E-state index is 0.361. The van der Waals surface area contributed by atoms with Gasteiger partial charge in [0.05, 0.1) is 20.3 Å². The Morgan fingerprint density at radius 1 is 1.00 bits per heavy atom. The summed E-state index contributed by atoms with van der Waals surface area (Å²) in [6.45, 7) is 9.01. The third-order valence-corrected chi connectivity index (χ3v) is 1.56. The van der Waals surface area contributed by atoms with E-state index in [0.29, 0.717) is 25.0 Å². The number of hydrogen-bond donors (Lipinski definition) is 0. The van der Waals surface area contributed by atoms with Crippen molar-refractivity contribution in [2.75, 3.05) is 20.3 Å². The molecule has 0 atom stereocenters. The summed E-state index contributed by atoms with van der Waals surface area (Å²) in [7, 11) is 1.33. The number of ether oxygens (including phenoxy) is 3. The van der Waals surface area contributed by atoms with Gasteiger partial charge < -0.3 is 14.2 Å². The second kappa shape index (κ2) is 7.65. The number of rotatable bonds is 7. The molecule has 0 radical (unpaired) electrons. The summed E-state index contributed by atoms with van der Waals surface area (Å²) in [6, 6.07) is 0. The SMILES string of the molecule is COC(=O)C(OCC(C)C)OCC(C)C. The maximum absolute atomic E-state index is 11.3. The molecule has 0 rings (SSSR count). The molecular weight excluding hydrogens is 196 g/mol. The van der Waals surface area contributed by atoms with Crippen LogP contribution in [0.4, 0.5) is 0 Å². The number of carbonyl (C=O) groups excluding carboxylic acids is 1. The Morgan fingerprint density at radius 2 is 1.40 bits per heavy atom. The number of esters is 1. The Morgan fingerprint density at radius 3 is 1.67 bits per heavy atom. The summed E-state index contributed by atoms with van der Waals surface area (Å²) in [5, 5.41) is 0. The van der Waals surface area contributed by atoms with Gasteiger partial charge in [0.1, 0.15) is 0 Å². The molecule has 0 aliphatic rings. The minimum Gasteiger partial charge on any atom is -0.465 e. The Hall–Kier alpha value is -0.610. The van der Waals surface area contributed by atoms with E-state index in [-0.39, 0.29) is 0 Å². The standard InChI is InChI=1S/C11H22O4/c1-8(2)6-14-11(10(12)13-5)15-7-9(3)4/h8-9,11H,6-7H2,1-5H3. The zero-order valence-electron chi connectivity index (χ0n) is 10.3. The predicted octanol–water partition coefficient (Wildman–Crippen LogP) is 1.83. The summed E-state index contributed by atoms with van der Waals surface area (Å²) >= 11 is 0. The van der Waals surface area contributed by atoms with Crippen molar-refractivity contribution in [3.8, 4) is 0 Å². The largest absolute Gasteiger partial charge is 0.465 e. The normalized spacial score (nSPS) is 11.5. The molecule has 90 valence electrons. The van der Waals surface area contributed by atoms with Crippen LogP contribution in [0.15, 0.2) is 0 Å². The number of methoxy groups -OCH3 is 1. The molecule has 0 bridgehead atoms. The van der Waals surface area contributed by atoms with E-state index < -0.39 is 12.3 Å². The first-order valence-electron chi connectivity index (χ1n) is 5.28. The summed E-state index contributed by atoms with van der Waals surface area (Å²) in [5.74, 6) is 0.246. The maximum atomic E-state index is 11.3. The van der Waals surface area contributed by atoms with E-state index in [4.69, 9.17) is 9.47 Å². The summed E-state index contributed by atoms with van der Waals surface area (Å²) in [6.07, 6.45) is -0.889. The van der Waals surface area contributed by atoms with E-state index in [1.807, 2.05) is 27.7 Å². The maximum Gasteiger partial charge on any atom is 0.363 e. The third kappa shape index (κ3) is 7.33. The quantitative estimate of drug-likeness (QED) is 0.483. The van der Waals surface area contributed by atoms with Crippen LogP contribution in [0.1, 0.15) is 27.7 Å². The molecule has 0 amide bonds. The van der Waals surface area contributed by atoms with Crippen LogP contribution < -0.4 is 0 Å². The van der Waals surface area contributed by atoms with Crippen LogP contribution >= 0.6 is 0 Å². The highest BCUT2D eigenvalue weighted by molar-refractivity contribution is 5.72. The Kier molecular flexibility index (Phi) is 7.34. The molecule has 0 N–H and O–H groups in total. The summed E-state index contributed by atoms with van der Waals surface area (Å²) in [4.78, 5) is 11.3. The van der Waals surface area contributed by atoms with Crippen LogP contribution in [0.2, 0.25) is 0 Å². The van der Waals surface area contributed by atoms with Crippen molar-refractivity contribution in [2.24, 2.45) is 11.8 Å². The van der Waals surface area contributed by atoms with Crippen LogP contribution in [0, 0.1) is 11.8 Å². The average Bonchev–Trinajstić information content (AvgIpc) is 2.16. The third-order valence-electron chi connectivity index (χ3n) is 1.56. The first-order valence-corrected chi connectivity index (χ1v) is 5.28. The van der Waals surface area contributed by atoms with E-state index in [1.54, 1.807) is 0 Å². The highest BCUT2D eigenvalue weighted by atomic mass is 16.7. The van der Waals surface area contributed by atoms with E-state index in [2.05, 4.69) is 4.74 Å². The fourth-order valence-corrected chi connectivity index (χ4v) is 0.840. The van der Waals surface area contributed by atoms with Crippen LogP contribution in [-0.4, -0.2) is 32.6 Å². The van der Waals surface area contributed by atoms with Gasteiger partial charge in [-0.1, -0.05) is 27.7 Å². The second-order valence-electron chi connectivity index (χ2n) is 4.31. The molecule has 0 fully saturated rings. The molecular formula is C11H22O4. The van der Waals surface area contributed by atoms with E-state index in [9.17, 15) is 4.79 Å². The van der Waals surface area contributed by atoms with Crippen molar-refractivity contribution in [3.63, 3.8) is 0 Å². The van der Waals surface area contributed by atoms with Gasteiger partial charge in [-0.05, 0) is 11.8 Å². The lowest BCUT2D eigenvalue weighted by Crippen LogP contribution is -2.31. The molecule has 0 spiro atoms. The first-order chi connectivity index (χ1) is 6.97. The van der Waals surface area contributed by atoms with Crippen molar-refractivity contribution in [2.45, 2.75) is 34.0 Å². The molecule has 0 aromatic heterocycles. The predicted molar refractivity (Wildman–Crippen MR) is 57.4 cm³/mol. The van der Waals surface area contributed by atoms with Gasteiger partial charge >= 0.3 is 5.97 Å². The van der Waals surface area contributed by atoms with Crippen molar-refractivity contribution in [1.82, 2.24) is 0 Å². The van der Waals surface area contributed by atoms with Crippen LogP contribution in [-0.2, 0) is 19.0 Å². The number of hydrogen-bond acceptors (Lipinski definition) is 4. The van der Waals surface area contributed by atoms with Gasteiger partial charge in [0, 0.05) is 0 Å². The van der Waals surface area contributed by atoms with Crippen molar-refractivity contribution in [3.05, 3.63) is 0 Å². The topological polar surface area (TPSA) is 44.8 Å². The molecule has 4 heteroatoms. The number of carbonyl (C=O) groups is 1. The van der Waals surface area contributed by atoms with Crippen molar-refractivity contribution in [1.29, 1.82) is 0 Å². The Bertz CT molecular complexity index is 165. The van der Waals surface area contributed by atoms with Gasteiger partial charge in [0.25, 0.3) is 6.29 Å². The van der Waals surface area contributed by atoms with Crippen molar-refractivity contribution < 1.29 is 19.0 Å². The fourth-order valence-electron chi connectivity index (χ4n) is 0.840. The molecule has 0 aromatic rings. The highest BCUT2D eigenvalue weighted by Gasteiger charge is 2.21. The smallest absolute Gasteiger partial charge is 0.363 e. The Labute approximate surface area is 91.9 Å². The van der Waals surface area contributed by atoms with Gasteiger partial charge in [0.15, 0.2) is 0 Å². The lowest BCUT2D eigenvalue weighted by atomic mass is 10.2. The highest BCUT2D eigenvalue weighted by Crippen LogP contribution is 2.04. The van der Waals surface area contributed by atoms with E-state index in [1.165, 1.54) is 7.11 Å². The first kappa shape index (κ1) is 14.4. The van der Waals surface area contributed by atoms with E-state index in [0.717, 1.165) is 0 Å². The monoisotopic (exact) mass is 218 g/mol.